The molecule has 2 aliphatic rings. The van der Waals surface area contributed by atoms with Crippen molar-refractivity contribution in [3.63, 3.8) is 0 Å². The summed E-state index contributed by atoms with van der Waals surface area (Å²) in [5, 5.41) is 5.75. The molecule has 0 bridgehead atoms. The first-order chi connectivity index (χ1) is 17.4. The summed E-state index contributed by atoms with van der Waals surface area (Å²) < 4.78 is 16.2. The summed E-state index contributed by atoms with van der Waals surface area (Å²) in [6, 6.07) is 12.8. The Balaban J connectivity index is 1.59. The minimum Gasteiger partial charge on any atom is -0.493 e. The average molecular weight is 495 g/mol. The molecule has 0 radical (unpaired) electrons. The van der Waals surface area contributed by atoms with Gasteiger partial charge in [0.1, 0.15) is 0 Å². The minimum absolute atomic E-state index is 0.234. The molecule has 2 amide bonds. The number of rotatable bonds is 8. The van der Waals surface area contributed by atoms with E-state index < -0.39 is 12.0 Å². The highest BCUT2D eigenvalue weighted by Crippen LogP contribution is 2.34. The fraction of sp³-hybridized carbons (Fsp3) is 0.407. The van der Waals surface area contributed by atoms with Crippen LogP contribution in [-0.4, -0.2) is 70.5 Å². The molecule has 2 aliphatic heterocycles. The van der Waals surface area contributed by atoms with Crippen molar-refractivity contribution < 1.29 is 23.8 Å². The number of piperazine rings is 1. The van der Waals surface area contributed by atoms with Crippen molar-refractivity contribution in [3.05, 3.63) is 64.9 Å². The number of anilines is 1. The molecule has 2 heterocycles. The number of amides is 2. The van der Waals surface area contributed by atoms with Crippen LogP contribution in [-0.2, 0) is 9.53 Å². The summed E-state index contributed by atoms with van der Waals surface area (Å²) in [5.74, 6) is 0.618. The fourth-order valence-corrected chi connectivity index (χ4v) is 4.69. The Morgan fingerprint density at radius 1 is 1.03 bits per heavy atom. The number of carbonyl (C=O) groups excluding carboxylic acids is 2. The lowest BCUT2D eigenvalue weighted by atomic mass is 9.94. The molecular weight excluding hydrogens is 460 g/mol. The molecule has 2 aromatic carbocycles. The number of nitrogens with one attached hydrogen (secondary N) is 2. The first kappa shape index (κ1) is 25.4. The second kappa shape index (κ2) is 11.3. The van der Waals surface area contributed by atoms with Gasteiger partial charge in [-0.2, -0.15) is 0 Å². The van der Waals surface area contributed by atoms with Gasteiger partial charge in [0.2, 0.25) is 0 Å². The molecule has 0 unspecified atom stereocenters. The highest BCUT2D eigenvalue weighted by molar-refractivity contribution is 5.95. The van der Waals surface area contributed by atoms with Gasteiger partial charge < -0.3 is 29.7 Å². The summed E-state index contributed by atoms with van der Waals surface area (Å²) >= 11 is 0. The normalized spacial score (nSPS) is 18.4. The topological polar surface area (TPSA) is 92.4 Å². The standard InChI is InChI=1S/C27H34N4O5/c1-5-36-26(32)24-21(17-30-11-13-31(14-12-30)20-8-6-7-18(2)15-20)28-27(33)29-25(24)19-9-10-22(34-3)23(16-19)35-4/h6-10,15-16,25H,5,11-14,17H2,1-4H3,(H2,28,29,33)/t25-/m1/s1. The number of esters is 1. The number of ether oxygens (including phenoxy) is 3. The van der Waals surface area contributed by atoms with E-state index in [0.717, 1.165) is 26.2 Å². The maximum absolute atomic E-state index is 13.1. The summed E-state index contributed by atoms with van der Waals surface area (Å²) in [7, 11) is 3.11. The molecule has 1 saturated heterocycles. The predicted molar refractivity (Wildman–Crippen MR) is 137 cm³/mol. The third-order valence-corrected chi connectivity index (χ3v) is 6.51. The Kier molecular flexibility index (Phi) is 8.00. The molecule has 2 N–H and O–H groups in total. The van der Waals surface area contributed by atoms with Crippen LogP contribution in [0.1, 0.15) is 24.1 Å². The first-order valence-corrected chi connectivity index (χ1v) is 12.2. The zero-order valence-corrected chi connectivity index (χ0v) is 21.3. The number of urea groups is 1. The van der Waals surface area contributed by atoms with E-state index in [1.807, 2.05) is 6.07 Å². The van der Waals surface area contributed by atoms with Crippen LogP contribution in [0.15, 0.2) is 53.7 Å². The van der Waals surface area contributed by atoms with E-state index in [1.54, 1.807) is 33.3 Å². The Morgan fingerprint density at radius 3 is 2.44 bits per heavy atom. The Morgan fingerprint density at radius 2 is 1.78 bits per heavy atom. The van der Waals surface area contributed by atoms with Crippen LogP contribution >= 0.6 is 0 Å². The zero-order chi connectivity index (χ0) is 25.7. The van der Waals surface area contributed by atoms with E-state index in [4.69, 9.17) is 14.2 Å². The highest BCUT2D eigenvalue weighted by atomic mass is 16.5. The average Bonchev–Trinajstić information content (AvgIpc) is 2.88. The maximum Gasteiger partial charge on any atom is 0.338 e. The molecular formula is C27H34N4O5. The van der Waals surface area contributed by atoms with Gasteiger partial charge >= 0.3 is 12.0 Å². The lowest BCUT2D eigenvalue weighted by molar-refractivity contribution is -0.139. The van der Waals surface area contributed by atoms with Crippen LogP contribution in [0.3, 0.4) is 0 Å². The number of carbonyl (C=O) groups is 2. The number of hydrogen-bond donors (Lipinski definition) is 2. The third kappa shape index (κ3) is 5.57. The maximum atomic E-state index is 13.1. The van der Waals surface area contributed by atoms with E-state index in [1.165, 1.54) is 11.3 Å². The number of hydrogen-bond acceptors (Lipinski definition) is 7. The largest absolute Gasteiger partial charge is 0.493 e. The smallest absolute Gasteiger partial charge is 0.338 e. The van der Waals surface area contributed by atoms with Gasteiger partial charge in [0.15, 0.2) is 11.5 Å². The van der Waals surface area contributed by atoms with Gasteiger partial charge in [0, 0.05) is 44.1 Å². The SMILES string of the molecule is CCOC(=O)C1=C(CN2CCN(c3cccc(C)c3)CC2)NC(=O)N[C@@H]1c1ccc(OC)c(OC)c1. The van der Waals surface area contributed by atoms with Gasteiger partial charge in [-0.1, -0.05) is 18.2 Å². The molecule has 1 fully saturated rings. The summed E-state index contributed by atoms with van der Waals surface area (Å²) in [6.07, 6.45) is 0. The van der Waals surface area contributed by atoms with E-state index >= 15 is 0 Å². The molecule has 36 heavy (non-hydrogen) atoms. The van der Waals surface area contributed by atoms with Crippen molar-refractivity contribution in [1.29, 1.82) is 0 Å². The summed E-state index contributed by atoms with van der Waals surface area (Å²) in [5.41, 5.74) is 4.10. The van der Waals surface area contributed by atoms with Gasteiger partial charge in [-0.3, -0.25) is 4.90 Å². The van der Waals surface area contributed by atoms with E-state index in [2.05, 4.69) is 51.6 Å². The number of nitrogens with zero attached hydrogens (tertiary/aromatic N) is 2. The molecule has 2 aromatic rings. The van der Waals surface area contributed by atoms with Gasteiger partial charge in [0.25, 0.3) is 0 Å². The molecule has 0 spiro atoms. The van der Waals surface area contributed by atoms with Crippen molar-refractivity contribution in [2.75, 3.05) is 58.5 Å². The number of benzene rings is 2. The molecule has 192 valence electrons. The Bertz CT molecular complexity index is 1140. The van der Waals surface area contributed by atoms with Gasteiger partial charge in [-0.05, 0) is 49.2 Å². The highest BCUT2D eigenvalue weighted by Gasteiger charge is 2.35. The lowest BCUT2D eigenvalue weighted by Crippen LogP contribution is -2.51. The monoisotopic (exact) mass is 494 g/mol. The van der Waals surface area contributed by atoms with Crippen LogP contribution in [0.25, 0.3) is 0 Å². The summed E-state index contributed by atoms with van der Waals surface area (Å²) in [6.45, 7) is 7.86. The minimum atomic E-state index is -0.679. The second-order valence-electron chi connectivity index (χ2n) is 8.86. The van der Waals surface area contributed by atoms with E-state index in [0.29, 0.717) is 34.9 Å². The van der Waals surface area contributed by atoms with Crippen molar-refractivity contribution >= 4 is 17.7 Å². The predicted octanol–water partition coefficient (Wildman–Crippen LogP) is 3.01. The van der Waals surface area contributed by atoms with Crippen molar-refractivity contribution in [1.82, 2.24) is 15.5 Å². The van der Waals surface area contributed by atoms with Crippen LogP contribution in [0, 0.1) is 6.92 Å². The second-order valence-corrected chi connectivity index (χ2v) is 8.86. The molecule has 0 aliphatic carbocycles. The molecule has 0 saturated carbocycles. The van der Waals surface area contributed by atoms with E-state index in [-0.39, 0.29) is 12.6 Å². The lowest BCUT2D eigenvalue weighted by Gasteiger charge is -2.38. The Labute approximate surface area is 212 Å². The van der Waals surface area contributed by atoms with Crippen molar-refractivity contribution in [2.45, 2.75) is 19.9 Å². The molecule has 1 atom stereocenters. The fourth-order valence-electron chi connectivity index (χ4n) is 4.69. The number of methoxy groups -OCH3 is 2. The van der Waals surface area contributed by atoms with Gasteiger partial charge in [-0.15, -0.1) is 0 Å². The van der Waals surface area contributed by atoms with Gasteiger partial charge in [0.05, 0.1) is 32.4 Å². The molecule has 9 nitrogen and oxygen atoms in total. The van der Waals surface area contributed by atoms with E-state index in [9.17, 15) is 9.59 Å². The van der Waals surface area contributed by atoms with Crippen LogP contribution in [0.2, 0.25) is 0 Å². The van der Waals surface area contributed by atoms with Gasteiger partial charge in [-0.25, -0.2) is 9.59 Å². The quantitative estimate of drug-likeness (QED) is 0.545. The zero-order valence-electron chi connectivity index (χ0n) is 21.3. The number of aryl methyl sites for hydroxylation is 1. The van der Waals surface area contributed by atoms with Crippen LogP contribution in [0.5, 0.6) is 11.5 Å². The molecule has 9 heteroatoms. The third-order valence-electron chi connectivity index (χ3n) is 6.51. The van der Waals surface area contributed by atoms with Crippen molar-refractivity contribution in [2.24, 2.45) is 0 Å². The van der Waals surface area contributed by atoms with Crippen LogP contribution in [0.4, 0.5) is 10.5 Å². The molecule has 0 aromatic heterocycles. The Hall–Kier alpha value is -3.72. The first-order valence-electron chi connectivity index (χ1n) is 12.2. The molecule has 4 rings (SSSR count). The van der Waals surface area contributed by atoms with Crippen molar-refractivity contribution in [3.8, 4) is 11.5 Å². The summed E-state index contributed by atoms with van der Waals surface area (Å²) in [4.78, 5) is 30.4. The van der Waals surface area contributed by atoms with Crippen LogP contribution < -0.4 is 25.0 Å².